The summed E-state index contributed by atoms with van der Waals surface area (Å²) in [6.45, 7) is 19.0. The Hall–Kier alpha value is -3.31. The molecule has 3 aliphatic heterocycles. The predicted molar refractivity (Wildman–Crippen MR) is 227 cm³/mol. The molecule has 0 atom stereocenters. The van der Waals surface area contributed by atoms with Crippen molar-refractivity contribution < 1.29 is 32.3 Å². The van der Waals surface area contributed by atoms with Crippen LogP contribution >= 0.6 is 11.6 Å². The molecule has 0 radical (unpaired) electrons. The van der Waals surface area contributed by atoms with E-state index in [1.807, 2.05) is 18.2 Å². The number of hydrogen-bond acceptors (Lipinski definition) is 6. The van der Waals surface area contributed by atoms with Crippen LogP contribution < -0.4 is 0 Å². The van der Waals surface area contributed by atoms with Crippen molar-refractivity contribution in [1.82, 2.24) is 14.7 Å². The van der Waals surface area contributed by atoms with Crippen molar-refractivity contribution in [3.05, 3.63) is 98.8 Å². The number of aromatic hydroxyl groups is 1. The van der Waals surface area contributed by atoms with Gasteiger partial charge in [0.2, 0.25) is 0 Å². The van der Waals surface area contributed by atoms with E-state index in [-0.39, 0.29) is 34.8 Å². The molecule has 3 heterocycles. The second-order valence-electron chi connectivity index (χ2n) is 16.1. The third-order valence-electron chi connectivity index (χ3n) is 11.9. The van der Waals surface area contributed by atoms with Crippen LogP contribution in [0.25, 0.3) is 0 Å². The van der Waals surface area contributed by atoms with Crippen molar-refractivity contribution in [2.75, 3.05) is 58.9 Å². The number of nitrogens with zero attached hydrogens (tertiary/aromatic N) is 3. The van der Waals surface area contributed by atoms with Gasteiger partial charge in [-0.3, -0.25) is 9.59 Å². The Kier molecular flexibility index (Phi) is 18.7. The number of phenols is 1. The average molecular weight is 830 g/mol. The molecule has 1 N–H and O–H groups in total. The highest BCUT2D eigenvalue weighted by molar-refractivity contribution is 6.34. The quantitative estimate of drug-likeness (QED) is 0.153. The number of Topliss-reactive ketones (excluding diaryl/α,β-unsaturated/α-hetero) is 2. The van der Waals surface area contributed by atoms with Crippen molar-refractivity contribution in [1.29, 1.82) is 0 Å². The van der Waals surface area contributed by atoms with Crippen molar-refractivity contribution in [3.8, 4) is 5.75 Å². The summed E-state index contributed by atoms with van der Waals surface area (Å²) in [6, 6.07) is 15.0. The lowest BCUT2D eigenvalue weighted by Gasteiger charge is -2.32. The molecule has 0 amide bonds. The van der Waals surface area contributed by atoms with Crippen LogP contribution in [0.1, 0.15) is 153 Å². The van der Waals surface area contributed by atoms with E-state index in [2.05, 4.69) is 41.5 Å². The van der Waals surface area contributed by atoms with Gasteiger partial charge < -0.3 is 19.8 Å². The Morgan fingerprint density at radius 2 is 0.983 bits per heavy atom. The van der Waals surface area contributed by atoms with Crippen LogP contribution in [0.15, 0.2) is 54.6 Å². The lowest BCUT2D eigenvalue weighted by atomic mass is 9.87. The van der Waals surface area contributed by atoms with Crippen LogP contribution in [0.5, 0.6) is 5.75 Å². The molecule has 3 saturated heterocycles. The number of carbonyl (C=O) groups excluding carboxylic acids is 2. The van der Waals surface area contributed by atoms with E-state index in [1.165, 1.54) is 32.4 Å². The molecule has 0 bridgehead atoms. The molecular formula is C47H64ClF4N3O3. The van der Waals surface area contributed by atoms with E-state index in [0.29, 0.717) is 22.1 Å². The van der Waals surface area contributed by atoms with Crippen molar-refractivity contribution in [3.63, 3.8) is 0 Å². The minimum Gasteiger partial charge on any atom is -0.507 e. The number of ketones is 2. The lowest BCUT2D eigenvalue weighted by Crippen LogP contribution is -2.33. The topological polar surface area (TPSA) is 64.1 Å². The van der Waals surface area contributed by atoms with Crippen LogP contribution in [0.3, 0.4) is 0 Å². The average Bonchev–Trinajstić information content (AvgIpc) is 3.19. The van der Waals surface area contributed by atoms with E-state index >= 15 is 0 Å². The number of carbonyl (C=O) groups is 2. The van der Waals surface area contributed by atoms with Gasteiger partial charge in [0.1, 0.15) is 11.6 Å². The van der Waals surface area contributed by atoms with Crippen LogP contribution in [-0.4, -0.2) is 90.3 Å². The first-order chi connectivity index (χ1) is 27.7. The zero-order valence-corrected chi connectivity index (χ0v) is 35.9. The maximum atomic E-state index is 14.3. The monoisotopic (exact) mass is 829 g/mol. The zero-order valence-electron chi connectivity index (χ0n) is 35.2. The number of halogens is 5. The molecule has 6 nitrogen and oxygen atoms in total. The second kappa shape index (κ2) is 22.9. The molecule has 3 aromatic carbocycles. The number of hydrogen-bond donors (Lipinski definition) is 1. The van der Waals surface area contributed by atoms with Crippen molar-refractivity contribution in [2.45, 2.75) is 116 Å². The molecule has 0 aromatic heterocycles. The van der Waals surface area contributed by atoms with Gasteiger partial charge >= 0.3 is 6.18 Å². The fourth-order valence-electron chi connectivity index (χ4n) is 8.75. The third kappa shape index (κ3) is 13.1. The van der Waals surface area contributed by atoms with E-state index in [4.69, 9.17) is 11.6 Å². The molecule has 0 saturated carbocycles. The van der Waals surface area contributed by atoms with Gasteiger partial charge in [0.15, 0.2) is 11.6 Å². The molecule has 0 spiro atoms. The number of alkyl halides is 3. The first-order valence-corrected chi connectivity index (χ1v) is 21.7. The fraction of sp³-hybridized carbons (Fsp3) is 0.574. The Morgan fingerprint density at radius 1 is 0.621 bits per heavy atom. The maximum absolute atomic E-state index is 14.3. The lowest BCUT2D eigenvalue weighted by molar-refractivity contribution is -0.138. The Labute approximate surface area is 348 Å². The van der Waals surface area contributed by atoms with Crippen molar-refractivity contribution in [2.24, 2.45) is 0 Å². The van der Waals surface area contributed by atoms with Gasteiger partial charge in [-0.1, -0.05) is 68.8 Å². The van der Waals surface area contributed by atoms with Crippen LogP contribution in [0, 0.1) is 5.82 Å². The van der Waals surface area contributed by atoms with Gasteiger partial charge in [0.05, 0.1) is 16.1 Å². The standard InChI is InChI=1S/C16H22ClNO.C16H22FNO.C15H20F3NO/c2*1-3-9-18-10-7-13(8-11-18)15-6-4-5-14(12(2)19)16(15)17;1-2-8-19-9-6-11(7-10-19)12-4-3-5-13(14(12)20)15(16,17)18/h2*4-6,13H,3,7-11H2,1-2H3;3-5,11,20H,2,6-10H2,1H3. The first kappa shape index (κ1) is 47.4. The second-order valence-corrected chi connectivity index (χ2v) is 16.5. The molecule has 6 rings (SSSR count). The molecular weight excluding hydrogens is 766 g/mol. The number of likely N-dealkylation sites (tertiary alicyclic amines) is 3. The minimum atomic E-state index is -4.50. The van der Waals surface area contributed by atoms with Crippen LogP contribution in [-0.2, 0) is 6.18 Å². The van der Waals surface area contributed by atoms with Gasteiger partial charge in [0.25, 0.3) is 0 Å². The van der Waals surface area contributed by atoms with E-state index in [1.54, 1.807) is 25.1 Å². The van der Waals surface area contributed by atoms with Gasteiger partial charge in [-0.25, -0.2) is 4.39 Å². The summed E-state index contributed by atoms with van der Waals surface area (Å²) in [5.41, 5.74) is 2.29. The number of piperidine rings is 3. The fourth-order valence-corrected chi connectivity index (χ4v) is 9.16. The molecule has 3 aliphatic rings. The molecule has 58 heavy (non-hydrogen) atoms. The Balaban J connectivity index is 0.000000193. The predicted octanol–water partition coefficient (Wildman–Crippen LogP) is 11.8. The molecule has 320 valence electrons. The van der Waals surface area contributed by atoms with E-state index in [0.717, 1.165) is 114 Å². The molecule has 11 heteroatoms. The number of phenolic OH excluding ortho intramolecular Hbond substituents is 1. The summed E-state index contributed by atoms with van der Waals surface area (Å²) in [7, 11) is 0. The van der Waals surface area contributed by atoms with E-state index in [9.17, 15) is 32.3 Å². The highest BCUT2D eigenvalue weighted by Gasteiger charge is 2.36. The summed E-state index contributed by atoms with van der Waals surface area (Å²) in [5.74, 6) is -0.256. The third-order valence-corrected chi connectivity index (χ3v) is 12.3. The number of benzene rings is 3. The van der Waals surface area contributed by atoms with Crippen LogP contribution in [0.2, 0.25) is 5.02 Å². The summed E-state index contributed by atoms with van der Waals surface area (Å²) < 4.78 is 52.7. The molecule has 3 fully saturated rings. The zero-order chi connectivity index (χ0) is 42.4. The minimum absolute atomic E-state index is 0.0189. The van der Waals surface area contributed by atoms with Gasteiger partial charge in [-0.05, 0) is 183 Å². The molecule has 0 aliphatic carbocycles. The smallest absolute Gasteiger partial charge is 0.419 e. The maximum Gasteiger partial charge on any atom is 0.419 e. The summed E-state index contributed by atoms with van der Waals surface area (Å²) in [5, 5.41) is 10.6. The number of rotatable bonds is 11. The van der Waals surface area contributed by atoms with Crippen LogP contribution in [0.4, 0.5) is 17.6 Å². The molecule has 3 aromatic rings. The van der Waals surface area contributed by atoms with Gasteiger partial charge in [-0.15, -0.1) is 0 Å². The largest absolute Gasteiger partial charge is 0.507 e. The van der Waals surface area contributed by atoms with Gasteiger partial charge in [0, 0.05) is 5.56 Å². The highest BCUT2D eigenvalue weighted by Crippen LogP contribution is 2.42. The Morgan fingerprint density at radius 3 is 1.40 bits per heavy atom. The van der Waals surface area contributed by atoms with Crippen molar-refractivity contribution >= 4 is 23.2 Å². The number of para-hydroxylation sites is 1. The SMILES string of the molecule is CCCN1CCC(c2cccc(C(C)=O)c2Cl)CC1.CCCN1CCC(c2cccc(C(C)=O)c2F)CC1.CCCN1CCC(c2cccc(C(F)(F)F)c2O)CC1. The summed E-state index contributed by atoms with van der Waals surface area (Å²) in [4.78, 5) is 30.2. The van der Waals surface area contributed by atoms with Gasteiger partial charge in [-0.2, -0.15) is 13.2 Å². The highest BCUT2D eigenvalue weighted by atomic mass is 35.5. The Bertz CT molecular complexity index is 1680. The molecule has 0 unspecified atom stereocenters. The summed E-state index contributed by atoms with van der Waals surface area (Å²) >= 11 is 6.40. The normalized spacial score (nSPS) is 17.9. The van der Waals surface area contributed by atoms with E-state index < -0.39 is 17.5 Å². The first-order valence-electron chi connectivity index (χ1n) is 21.3. The summed E-state index contributed by atoms with van der Waals surface area (Å²) in [6.07, 6.45) is 4.81.